The third-order valence-electron chi connectivity index (χ3n) is 2.33. The number of hydrogen-bond acceptors (Lipinski definition) is 4. The molecule has 0 aliphatic carbocycles. The normalized spacial score (nSPS) is 18.9. The summed E-state index contributed by atoms with van der Waals surface area (Å²) in [6.07, 6.45) is 3.98. The largest absolute Gasteiger partial charge is 0.307 e. The van der Waals surface area contributed by atoms with Crippen LogP contribution in [-0.2, 0) is 9.59 Å². The summed E-state index contributed by atoms with van der Waals surface area (Å²) >= 11 is 0.970. The highest BCUT2D eigenvalue weighted by molar-refractivity contribution is 8.28. The van der Waals surface area contributed by atoms with Crippen LogP contribution >= 0.6 is 11.8 Å². The topological polar surface area (TPSA) is 49.7 Å². The second kappa shape index (κ2) is 6.68. The van der Waals surface area contributed by atoms with Crippen molar-refractivity contribution < 1.29 is 9.59 Å². The van der Waals surface area contributed by atoms with Crippen LogP contribution in [0.5, 0.6) is 0 Å². The van der Waals surface area contributed by atoms with Crippen LogP contribution in [0.4, 0.5) is 0 Å². The Morgan fingerprint density at radius 2 is 1.88 bits per heavy atom. The van der Waals surface area contributed by atoms with E-state index in [1.807, 2.05) is 0 Å². The lowest BCUT2D eigenvalue weighted by Gasteiger charge is -2.13. The van der Waals surface area contributed by atoms with Crippen LogP contribution in [-0.4, -0.2) is 34.2 Å². The molecule has 90 valence electrons. The Bertz CT molecular complexity index is 302. The molecule has 0 unspecified atom stereocenters. The molecule has 0 aromatic carbocycles. The number of amides is 1. The smallest absolute Gasteiger partial charge is 0.284 e. The van der Waals surface area contributed by atoms with Crippen molar-refractivity contribution in [1.82, 2.24) is 4.90 Å². The predicted octanol–water partition coefficient (Wildman–Crippen LogP) is 2.04. The van der Waals surface area contributed by atoms with E-state index >= 15 is 0 Å². The Hall–Kier alpha value is -0.840. The highest BCUT2D eigenvalue weighted by Crippen LogP contribution is 2.21. The number of nitrogens with zero attached hydrogens (tertiary/aromatic N) is 2. The molecule has 1 amide bonds. The maximum atomic E-state index is 11.5. The standard InChI is InChI=1S/C11H18N2O2S/c1-3-5-7-12-11-13(8-6-4-2)9(14)10(15)16-11/h3-8H2,1-2H3. The number of rotatable bonds is 6. The first-order chi connectivity index (χ1) is 7.70. The summed E-state index contributed by atoms with van der Waals surface area (Å²) in [4.78, 5) is 28.6. The van der Waals surface area contributed by atoms with Crippen LogP contribution in [0.1, 0.15) is 39.5 Å². The molecule has 1 heterocycles. The van der Waals surface area contributed by atoms with E-state index in [2.05, 4.69) is 18.8 Å². The van der Waals surface area contributed by atoms with Crippen LogP contribution < -0.4 is 0 Å². The Morgan fingerprint density at radius 1 is 1.19 bits per heavy atom. The predicted molar refractivity (Wildman–Crippen MR) is 66.4 cm³/mol. The number of amidine groups is 1. The summed E-state index contributed by atoms with van der Waals surface area (Å²) in [6, 6.07) is 0. The van der Waals surface area contributed by atoms with E-state index < -0.39 is 11.0 Å². The molecule has 0 spiro atoms. The summed E-state index contributed by atoms with van der Waals surface area (Å²) < 4.78 is 0. The highest BCUT2D eigenvalue weighted by Gasteiger charge is 2.35. The Kier molecular flexibility index (Phi) is 5.52. The molecule has 16 heavy (non-hydrogen) atoms. The average molecular weight is 242 g/mol. The Labute approximate surface area is 100 Å². The van der Waals surface area contributed by atoms with Crippen molar-refractivity contribution in [3.63, 3.8) is 0 Å². The van der Waals surface area contributed by atoms with E-state index in [4.69, 9.17) is 0 Å². The van der Waals surface area contributed by atoms with Gasteiger partial charge in [-0.05, 0) is 24.6 Å². The molecule has 0 bridgehead atoms. The van der Waals surface area contributed by atoms with Crippen LogP contribution in [0.3, 0.4) is 0 Å². The van der Waals surface area contributed by atoms with Gasteiger partial charge in [0.05, 0.1) is 0 Å². The lowest BCUT2D eigenvalue weighted by atomic mass is 10.3. The van der Waals surface area contributed by atoms with Crippen molar-refractivity contribution in [3.05, 3.63) is 0 Å². The second-order valence-corrected chi connectivity index (χ2v) is 4.66. The maximum absolute atomic E-state index is 11.5. The summed E-state index contributed by atoms with van der Waals surface area (Å²) in [6.45, 7) is 5.46. The molecule has 1 aliphatic heterocycles. The SMILES string of the molecule is CCCCN=C1SC(=O)C(=O)N1CCCC. The summed E-state index contributed by atoms with van der Waals surface area (Å²) in [5.41, 5.74) is 0. The van der Waals surface area contributed by atoms with E-state index in [1.54, 1.807) is 0 Å². The van der Waals surface area contributed by atoms with Gasteiger partial charge in [-0.15, -0.1) is 0 Å². The molecule has 0 radical (unpaired) electrons. The first-order valence-electron chi connectivity index (χ1n) is 5.78. The lowest BCUT2D eigenvalue weighted by Crippen LogP contribution is -2.31. The molecule has 0 aromatic heterocycles. The van der Waals surface area contributed by atoms with Gasteiger partial charge >= 0.3 is 5.91 Å². The van der Waals surface area contributed by atoms with Crippen molar-refractivity contribution in [2.75, 3.05) is 13.1 Å². The molecular formula is C11H18N2O2S. The monoisotopic (exact) mass is 242 g/mol. The van der Waals surface area contributed by atoms with E-state index in [9.17, 15) is 9.59 Å². The molecular weight excluding hydrogens is 224 g/mol. The van der Waals surface area contributed by atoms with Crippen LogP contribution in [0.25, 0.3) is 0 Å². The van der Waals surface area contributed by atoms with Gasteiger partial charge in [0, 0.05) is 13.1 Å². The Morgan fingerprint density at radius 3 is 2.50 bits per heavy atom. The third-order valence-corrected chi connectivity index (χ3v) is 3.22. The van der Waals surface area contributed by atoms with Crippen molar-refractivity contribution in [2.45, 2.75) is 39.5 Å². The molecule has 1 saturated heterocycles. The van der Waals surface area contributed by atoms with E-state index in [-0.39, 0.29) is 0 Å². The molecule has 1 fully saturated rings. The third kappa shape index (κ3) is 3.33. The first-order valence-corrected chi connectivity index (χ1v) is 6.60. The quantitative estimate of drug-likeness (QED) is 0.529. The molecule has 1 aliphatic rings. The van der Waals surface area contributed by atoms with Gasteiger partial charge in [0.2, 0.25) is 0 Å². The summed E-state index contributed by atoms with van der Waals surface area (Å²) in [7, 11) is 0. The zero-order chi connectivity index (χ0) is 12.0. The van der Waals surface area contributed by atoms with Crippen molar-refractivity contribution in [3.8, 4) is 0 Å². The first kappa shape index (κ1) is 13.2. The van der Waals surface area contributed by atoms with Gasteiger partial charge in [-0.3, -0.25) is 19.5 Å². The van der Waals surface area contributed by atoms with Crippen LogP contribution in [0.15, 0.2) is 4.99 Å². The fraction of sp³-hybridized carbons (Fsp3) is 0.727. The van der Waals surface area contributed by atoms with Crippen LogP contribution in [0, 0.1) is 0 Å². The lowest BCUT2D eigenvalue weighted by molar-refractivity contribution is -0.136. The number of hydrogen-bond donors (Lipinski definition) is 0. The molecule has 0 atom stereocenters. The van der Waals surface area contributed by atoms with Crippen molar-refractivity contribution in [2.24, 2.45) is 4.99 Å². The number of thioether (sulfide) groups is 1. The van der Waals surface area contributed by atoms with Gasteiger partial charge in [-0.25, -0.2) is 0 Å². The molecule has 0 aromatic rings. The second-order valence-electron chi connectivity index (χ2n) is 3.72. The van der Waals surface area contributed by atoms with Crippen molar-refractivity contribution >= 4 is 28.0 Å². The number of carbonyl (C=O) groups excluding carboxylic acids is 2. The molecule has 0 saturated carbocycles. The average Bonchev–Trinajstić information content (AvgIpc) is 2.53. The van der Waals surface area contributed by atoms with Gasteiger partial charge in [-0.1, -0.05) is 26.7 Å². The zero-order valence-corrected chi connectivity index (χ0v) is 10.7. The van der Waals surface area contributed by atoms with Crippen molar-refractivity contribution in [1.29, 1.82) is 0 Å². The molecule has 0 N–H and O–H groups in total. The number of aliphatic imine (C=N–C) groups is 1. The molecule has 4 nitrogen and oxygen atoms in total. The summed E-state index contributed by atoms with van der Waals surface area (Å²) in [5.74, 6) is -0.409. The fourth-order valence-corrected chi connectivity index (χ4v) is 2.15. The van der Waals surface area contributed by atoms with Crippen LogP contribution in [0.2, 0.25) is 0 Å². The zero-order valence-electron chi connectivity index (χ0n) is 9.86. The summed E-state index contributed by atoms with van der Waals surface area (Å²) in [5, 5.41) is 0.197. The fourth-order valence-electron chi connectivity index (χ4n) is 1.34. The minimum atomic E-state index is -0.409. The van der Waals surface area contributed by atoms with Gasteiger partial charge in [0.15, 0.2) is 5.17 Å². The van der Waals surface area contributed by atoms with Gasteiger partial charge in [0.25, 0.3) is 5.12 Å². The minimum Gasteiger partial charge on any atom is -0.284 e. The number of unbranched alkanes of at least 4 members (excludes halogenated alkanes) is 2. The van der Waals surface area contributed by atoms with E-state index in [0.29, 0.717) is 18.3 Å². The number of carbonyl (C=O) groups is 2. The molecule has 1 rings (SSSR count). The maximum Gasteiger partial charge on any atom is 0.307 e. The van der Waals surface area contributed by atoms with E-state index in [0.717, 1.165) is 37.4 Å². The Balaban J connectivity index is 2.62. The van der Waals surface area contributed by atoms with Gasteiger partial charge in [-0.2, -0.15) is 0 Å². The minimum absolute atomic E-state index is 0.397. The molecule has 5 heteroatoms. The highest BCUT2D eigenvalue weighted by atomic mass is 32.2. The van der Waals surface area contributed by atoms with E-state index in [1.165, 1.54) is 4.90 Å². The van der Waals surface area contributed by atoms with Gasteiger partial charge < -0.3 is 0 Å². The van der Waals surface area contributed by atoms with Gasteiger partial charge in [0.1, 0.15) is 0 Å².